The van der Waals surface area contributed by atoms with Gasteiger partial charge in [-0.25, -0.2) is 0 Å². The van der Waals surface area contributed by atoms with Crippen LogP contribution in [-0.4, -0.2) is 16.4 Å². The first kappa shape index (κ1) is 7.80. The first-order valence-electron chi connectivity index (χ1n) is 4.39. The summed E-state index contributed by atoms with van der Waals surface area (Å²) in [5, 5.41) is 4.25. The van der Waals surface area contributed by atoms with Gasteiger partial charge in [0.05, 0.1) is 12.8 Å². The Hall–Kier alpha value is -0.830. The van der Waals surface area contributed by atoms with E-state index in [-0.39, 0.29) is 0 Å². The van der Waals surface area contributed by atoms with Gasteiger partial charge in [0.1, 0.15) is 6.10 Å². The Bertz CT molecular complexity index is 263. The maximum atomic E-state index is 5.16. The summed E-state index contributed by atoms with van der Waals surface area (Å²) in [6.45, 7) is 6.24. The van der Waals surface area contributed by atoms with Crippen LogP contribution in [-0.2, 0) is 11.3 Å². The van der Waals surface area contributed by atoms with Crippen LogP contribution >= 0.6 is 0 Å². The van der Waals surface area contributed by atoms with Crippen LogP contribution in [0.15, 0.2) is 12.4 Å². The number of aromatic nitrogens is 2. The molecule has 1 aromatic rings. The van der Waals surface area contributed by atoms with E-state index in [1.807, 2.05) is 10.9 Å². The van der Waals surface area contributed by atoms with Crippen LogP contribution in [0.2, 0.25) is 0 Å². The molecule has 1 aliphatic rings. The third-order valence-electron chi connectivity index (χ3n) is 1.91. The van der Waals surface area contributed by atoms with Crippen molar-refractivity contribution >= 4 is 0 Å². The van der Waals surface area contributed by atoms with Gasteiger partial charge in [-0.05, 0) is 5.92 Å². The Morgan fingerprint density at radius 1 is 1.75 bits per heavy atom. The van der Waals surface area contributed by atoms with Crippen molar-refractivity contribution in [2.45, 2.75) is 26.5 Å². The second-order valence-corrected chi connectivity index (χ2v) is 3.71. The van der Waals surface area contributed by atoms with E-state index in [1.54, 1.807) is 0 Å². The van der Waals surface area contributed by atoms with Gasteiger partial charge in [0.15, 0.2) is 0 Å². The molecular weight excluding hydrogens is 152 g/mol. The highest BCUT2D eigenvalue weighted by molar-refractivity contribution is 5.12. The molecule has 0 aromatic carbocycles. The zero-order valence-electron chi connectivity index (χ0n) is 7.53. The summed E-state index contributed by atoms with van der Waals surface area (Å²) in [5.41, 5.74) is 1.22. The van der Waals surface area contributed by atoms with Crippen LogP contribution in [0.3, 0.4) is 0 Å². The molecule has 1 saturated heterocycles. The third kappa shape index (κ3) is 1.67. The minimum atomic E-state index is 0.339. The highest BCUT2D eigenvalue weighted by atomic mass is 16.6. The quantitative estimate of drug-likeness (QED) is 0.638. The summed E-state index contributed by atoms with van der Waals surface area (Å²) in [4.78, 5) is 0. The number of nitrogens with zero attached hydrogens (tertiary/aromatic N) is 2. The minimum absolute atomic E-state index is 0.339. The van der Waals surface area contributed by atoms with Gasteiger partial charge in [-0.1, -0.05) is 13.8 Å². The molecule has 0 saturated carbocycles. The van der Waals surface area contributed by atoms with Crippen molar-refractivity contribution in [3.8, 4) is 0 Å². The van der Waals surface area contributed by atoms with E-state index in [0.29, 0.717) is 12.0 Å². The molecule has 0 unspecified atom stereocenters. The molecule has 3 nitrogen and oxygen atoms in total. The van der Waals surface area contributed by atoms with E-state index < -0.39 is 0 Å². The standard InChI is InChI=1S/C9H14N2O/c1-7(2)4-11-5-8(3-10-11)9-6-12-9/h3,5,7,9H,4,6H2,1-2H3/t9-/m0/s1. The molecule has 1 atom stereocenters. The van der Waals surface area contributed by atoms with Crippen molar-refractivity contribution in [3.05, 3.63) is 18.0 Å². The molecule has 1 aliphatic heterocycles. The van der Waals surface area contributed by atoms with E-state index in [2.05, 4.69) is 25.1 Å². The molecule has 12 heavy (non-hydrogen) atoms. The summed E-state index contributed by atoms with van der Waals surface area (Å²) >= 11 is 0. The lowest BCUT2D eigenvalue weighted by Crippen LogP contribution is -2.04. The summed E-state index contributed by atoms with van der Waals surface area (Å²) in [6, 6.07) is 0. The predicted octanol–water partition coefficient (Wildman–Crippen LogP) is 1.61. The number of epoxide rings is 1. The van der Waals surface area contributed by atoms with Crippen LogP contribution in [0, 0.1) is 5.92 Å². The normalized spacial score (nSPS) is 21.8. The molecule has 3 heteroatoms. The summed E-state index contributed by atoms with van der Waals surface area (Å²) < 4.78 is 7.15. The number of rotatable bonds is 3. The van der Waals surface area contributed by atoms with Crippen LogP contribution in [0.4, 0.5) is 0 Å². The van der Waals surface area contributed by atoms with Gasteiger partial charge >= 0.3 is 0 Å². The van der Waals surface area contributed by atoms with Crippen LogP contribution in [0.25, 0.3) is 0 Å². The molecule has 0 bridgehead atoms. The van der Waals surface area contributed by atoms with Crippen LogP contribution in [0.1, 0.15) is 25.5 Å². The fourth-order valence-electron chi connectivity index (χ4n) is 1.26. The van der Waals surface area contributed by atoms with E-state index in [4.69, 9.17) is 4.74 Å². The lowest BCUT2D eigenvalue weighted by atomic mass is 10.2. The SMILES string of the molecule is CC(C)Cn1cc([C@@H]2CO2)cn1. The lowest BCUT2D eigenvalue weighted by molar-refractivity contribution is 0.415. The predicted molar refractivity (Wildman–Crippen MR) is 45.8 cm³/mol. The van der Waals surface area contributed by atoms with E-state index in [1.165, 1.54) is 5.56 Å². The molecule has 0 spiro atoms. The Labute approximate surface area is 72.3 Å². The topological polar surface area (TPSA) is 30.4 Å². The second-order valence-electron chi connectivity index (χ2n) is 3.71. The second kappa shape index (κ2) is 2.90. The number of hydrogen-bond acceptors (Lipinski definition) is 2. The highest BCUT2D eigenvalue weighted by Crippen LogP contribution is 2.28. The highest BCUT2D eigenvalue weighted by Gasteiger charge is 2.25. The van der Waals surface area contributed by atoms with Gasteiger partial charge in [-0.2, -0.15) is 5.10 Å². The number of ether oxygens (including phenoxy) is 1. The molecule has 2 heterocycles. The van der Waals surface area contributed by atoms with Gasteiger partial charge in [-0.3, -0.25) is 4.68 Å². The van der Waals surface area contributed by atoms with E-state index in [0.717, 1.165) is 13.2 Å². The van der Waals surface area contributed by atoms with Crippen molar-refractivity contribution in [1.82, 2.24) is 9.78 Å². The molecule has 1 fully saturated rings. The third-order valence-corrected chi connectivity index (χ3v) is 1.91. The first-order chi connectivity index (χ1) is 5.75. The van der Waals surface area contributed by atoms with Crippen molar-refractivity contribution in [2.75, 3.05) is 6.61 Å². The van der Waals surface area contributed by atoms with Gasteiger partial charge in [0.25, 0.3) is 0 Å². The zero-order valence-corrected chi connectivity index (χ0v) is 7.53. The number of hydrogen-bond donors (Lipinski definition) is 0. The van der Waals surface area contributed by atoms with Crippen molar-refractivity contribution < 1.29 is 4.74 Å². The molecule has 0 N–H and O–H groups in total. The van der Waals surface area contributed by atoms with Gasteiger partial charge < -0.3 is 4.74 Å². The Balaban J connectivity index is 2.03. The van der Waals surface area contributed by atoms with E-state index in [9.17, 15) is 0 Å². The summed E-state index contributed by atoms with van der Waals surface area (Å²) in [6.07, 6.45) is 4.32. The molecule has 0 radical (unpaired) electrons. The molecular formula is C9H14N2O. The smallest absolute Gasteiger partial charge is 0.109 e. The average Bonchev–Trinajstić information content (AvgIpc) is 2.73. The molecule has 0 aliphatic carbocycles. The molecule has 1 aromatic heterocycles. The first-order valence-corrected chi connectivity index (χ1v) is 4.39. The fraction of sp³-hybridized carbons (Fsp3) is 0.667. The van der Waals surface area contributed by atoms with Crippen molar-refractivity contribution in [1.29, 1.82) is 0 Å². The van der Waals surface area contributed by atoms with Crippen molar-refractivity contribution in [3.63, 3.8) is 0 Å². The Kier molecular flexibility index (Phi) is 1.89. The van der Waals surface area contributed by atoms with Gasteiger partial charge in [0, 0.05) is 18.3 Å². The van der Waals surface area contributed by atoms with Gasteiger partial charge in [0.2, 0.25) is 0 Å². The molecule has 0 amide bonds. The fourth-order valence-corrected chi connectivity index (χ4v) is 1.26. The van der Waals surface area contributed by atoms with Crippen LogP contribution < -0.4 is 0 Å². The average molecular weight is 166 g/mol. The Morgan fingerprint density at radius 2 is 2.50 bits per heavy atom. The molecule has 2 rings (SSSR count). The lowest BCUT2D eigenvalue weighted by Gasteiger charge is -2.02. The Morgan fingerprint density at radius 3 is 3.08 bits per heavy atom. The summed E-state index contributed by atoms with van der Waals surface area (Å²) in [7, 11) is 0. The molecule has 66 valence electrons. The maximum absolute atomic E-state index is 5.16. The van der Waals surface area contributed by atoms with Crippen molar-refractivity contribution in [2.24, 2.45) is 5.92 Å². The monoisotopic (exact) mass is 166 g/mol. The van der Waals surface area contributed by atoms with Crippen LogP contribution in [0.5, 0.6) is 0 Å². The van der Waals surface area contributed by atoms with Gasteiger partial charge in [-0.15, -0.1) is 0 Å². The largest absolute Gasteiger partial charge is 0.368 e. The zero-order chi connectivity index (χ0) is 8.55. The maximum Gasteiger partial charge on any atom is 0.109 e. The van der Waals surface area contributed by atoms with E-state index >= 15 is 0 Å². The summed E-state index contributed by atoms with van der Waals surface area (Å²) in [5.74, 6) is 0.651. The minimum Gasteiger partial charge on any atom is -0.368 e.